The topological polar surface area (TPSA) is 140 Å². The van der Waals surface area contributed by atoms with Gasteiger partial charge in [0.25, 0.3) is 11.8 Å². The van der Waals surface area contributed by atoms with Gasteiger partial charge in [0, 0.05) is 50.4 Å². The second kappa shape index (κ2) is 15.8. The first-order chi connectivity index (χ1) is 19.8. The summed E-state index contributed by atoms with van der Waals surface area (Å²) in [6, 6.07) is 0.172. The highest BCUT2D eigenvalue weighted by molar-refractivity contribution is 7.80. The number of thiocarbonyl (C=S) groups is 1. The zero-order chi connectivity index (χ0) is 31.6. The number of pyridine rings is 1. The average Bonchev–Trinajstić information content (AvgIpc) is 2.93. The van der Waals surface area contributed by atoms with Gasteiger partial charge >= 0.3 is 6.18 Å². The molecule has 0 aromatic carbocycles. The largest absolute Gasteiger partial charge is 0.423 e. The Hall–Kier alpha value is -3.30. The molecular weight excluding hydrogens is 599 g/mol. The number of anilines is 2. The Morgan fingerprint density at radius 1 is 1.33 bits per heavy atom. The highest BCUT2D eigenvalue weighted by atomic mass is 35.5. The quantitative estimate of drug-likeness (QED) is 0.100. The van der Waals surface area contributed by atoms with Crippen LogP contribution in [0.15, 0.2) is 23.5 Å². The van der Waals surface area contributed by atoms with Crippen molar-refractivity contribution in [2.24, 2.45) is 0 Å². The Morgan fingerprint density at radius 3 is 2.60 bits per heavy atom. The number of nitrogens with one attached hydrogen (secondary N) is 4. The fraction of sp³-hybridized carbons (Fsp3) is 0.538. The number of halogens is 4. The van der Waals surface area contributed by atoms with Crippen molar-refractivity contribution in [3.8, 4) is 0 Å². The molecule has 0 saturated carbocycles. The van der Waals surface area contributed by atoms with Crippen molar-refractivity contribution < 1.29 is 32.3 Å². The number of ether oxygens (including phenoxy) is 1. The summed E-state index contributed by atoms with van der Waals surface area (Å²) in [5.74, 6) is -1.34. The van der Waals surface area contributed by atoms with Crippen molar-refractivity contribution in [2.75, 3.05) is 49.7 Å². The number of alkyl halides is 3. The number of amides is 3. The number of likely N-dealkylation sites (N-methyl/N-ethyl adjacent to an activating group) is 2. The van der Waals surface area contributed by atoms with Gasteiger partial charge in [0.05, 0.1) is 35.7 Å². The second-order valence-corrected chi connectivity index (χ2v) is 10.2. The molecule has 1 aliphatic heterocycles. The predicted octanol–water partition coefficient (Wildman–Crippen LogP) is 2.77. The van der Waals surface area contributed by atoms with Crippen LogP contribution in [0.4, 0.5) is 24.7 Å². The number of fused-ring (bicyclic) bond motifs is 1. The number of carbonyl (C=O) groups excluding carboxylic acids is 3. The van der Waals surface area contributed by atoms with E-state index in [2.05, 4.69) is 15.6 Å². The van der Waals surface area contributed by atoms with E-state index in [0.29, 0.717) is 35.8 Å². The summed E-state index contributed by atoms with van der Waals surface area (Å²) in [5, 5.41) is 14.9. The van der Waals surface area contributed by atoms with Crippen LogP contribution in [0.2, 0.25) is 5.02 Å². The third kappa shape index (κ3) is 8.85. The van der Waals surface area contributed by atoms with Gasteiger partial charge in [0.1, 0.15) is 11.6 Å². The minimum atomic E-state index is -5.00. The molecule has 0 spiro atoms. The minimum Gasteiger partial charge on any atom is -0.376 e. The molecule has 2 atom stereocenters. The van der Waals surface area contributed by atoms with Gasteiger partial charge in [-0.3, -0.25) is 14.4 Å². The van der Waals surface area contributed by atoms with Crippen LogP contribution in [0.3, 0.4) is 0 Å². The Labute approximate surface area is 252 Å². The third-order valence-electron chi connectivity index (χ3n) is 6.30. The second-order valence-electron chi connectivity index (χ2n) is 9.24. The molecule has 1 aromatic rings. The van der Waals surface area contributed by atoms with E-state index in [0.717, 1.165) is 13.5 Å². The maximum absolute atomic E-state index is 13.4. The van der Waals surface area contributed by atoms with Crippen LogP contribution < -0.4 is 25.8 Å². The van der Waals surface area contributed by atoms with E-state index in [1.54, 1.807) is 11.0 Å². The van der Waals surface area contributed by atoms with Crippen LogP contribution in [0.1, 0.15) is 33.6 Å². The van der Waals surface area contributed by atoms with Gasteiger partial charge in [-0.15, -0.1) is 0 Å². The van der Waals surface area contributed by atoms with E-state index in [-0.39, 0.29) is 42.9 Å². The highest BCUT2D eigenvalue weighted by Crippen LogP contribution is 2.36. The van der Waals surface area contributed by atoms with Crippen molar-refractivity contribution in [1.29, 1.82) is 5.41 Å². The first-order valence-corrected chi connectivity index (χ1v) is 14.0. The van der Waals surface area contributed by atoms with E-state index in [4.69, 9.17) is 34.0 Å². The molecule has 232 valence electrons. The van der Waals surface area contributed by atoms with Gasteiger partial charge in [0.2, 0.25) is 5.91 Å². The lowest BCUT2D eigenvalue weighted by Crippen LogP contribution is -2.58. The van der Waals surface area contributed by atoms with Gasteiger partial charge in [-0.1, -0.05) is 30.7 Å². The Balaban J connectivity index is 1.93. The van der Waals surface area contributed by atoms with Crippen molar-refractivity contribution in [3.05, 3.63) is 28.6 Å². The number of hydrogen-bond acceptors (Lipinski definition) is 9. The van der Waals surface area contributed by atoms with Gasteiger partial charge in [0.15, 0.2) is 5.82 Å². The minimum absolute atomic E-state index is 0.0424. The summed E-state index contributed by atoms with van der Waals surface area (Å²) in [6.45, 7) is 6.06. The summed E-state index contributed by atoms with van der Waals surface area (Å²) in [6.07, 6.45) is -2.40. The van der Waals surface area contributed by atoms with Crippen LogP contribution in [0.5, 0.6) is 0 Å². The van der Waals surface area contributed by atoms with E-state index < -0.39 is 35.4 Å². The van der Waals surface area contributed by atoms with Crippen molar-refractivity contribution >= 4 is 64.1 Å². The molecule has 0 aliphatic carbocycles. The first-order valence-electron chi connectivity index (χ1n) is 13.2. The number of hydrogen-bond donors (Lipinski definition) is 4. The van der Waals surface area contributed by atoms with Crippen LogP contribution in [0, 0.1) is 5.41 Å². The summed E-state index contributed by atoms with van der Waals surface area (Å²) in [7, 11) is 1.05. The van der Waals surface area contributed by atoms with Crippen LogP contribution >= 0.6 is 23.8 Å². The maximum atomic E-state index is 13.4. The number of nitrogens with zero attached hydrogens (tertiary/aromatic N) is 3. The molecule has 11 nitrogen and oxygen atoms in total. The van der Waals surface area contributed by atoms with Crippen LogP contribution in [-0.2, 0) is 19.1 Å². The lowest BCUT2D eigenvalue weighted by molar-refractivity contribution is -0.130. The standard InChI is InChI=1S/C26H35ClF3N7O4S/c1-5-8-37-19(25(40)36(6-2)18-10-16(27)12-34-23(18)37)13-33-21(38)7-9-41-14-20(42)15(3)35-17(11-31)22(24(39)32-4)26(28,29)30/h10-12,15,19,31,35H,5-9,13-14H2,1-4H3,(H,32,39)(H,33,38)/b22-17-,31-11?/t15-,19-/m0/s1. The highest BCUT2D eigenvalue weighted by Gasteiger charge is 2.41. The van der Waals surface area contributed by atoms with E-state index in [1.165, 1.54) is 13.1 Å². The molecule has 0 unspecified atom stereocenters. The molecule has 3 amide bonds. The number of allylic oxidation sites excluding steroid dienone is 1. The Morgan fingerprint density at radius 2 is 2.02 bits per heavy atom. The third-order valence-corrected chi connectivity index (χ3v) is 6.98. The van der Waals surface area contributed by atoms with Crippen molar-refractivity contribution in [1.82, 2.24) is 20.9 Å². The van der Waals surface area contributed by atoms with Gasteiger partial charge in [-0.05, 0) is 26.3 Å². The zero-order valence-corrected chi connectivity index (χ0v) is 25.3. The molecule has 16 heteroatoms. The Kier molecular flexibility index (Phi) is 13.1. The summed E-state index contributed by atoms with van der Waals surface area (Å²) in [5.41, 5.74) is -1.68. The first kappa shape index (κ1) is 34.9. The SMILES string of the molecule is CCCN1c2ncc(Cl)cc2N(CC)C(=O)[C@@H]1CNC(=O)CCOCC(=S)[C@H](C)N/C(C=N)=C(/C(=O)NC)C(F)(F)F. The molecule has 0 bridgehead atoms. The normalized spacial score (nSPS) is 16.3. The van der Waals surface area contributed by atoms with Crippen molar-refractivity contribution in [3.63, 3.8) is 0 Å². The van der Waals surface area contributed by atoms with Gasteiger partial charge < -0.3 is 35.9 Å². The van der Waals surface area contributed by atoms with Crippen LogP contribution in [-0.4, -0.2) is 91.9 Å². The lowest BCUT2D eigenvalue weighted by atomic mass is 10.1. The number of carbonyl (C=O) groups is 3. The van der Waals surface area contributed by atoms with Gasteiger partial charge in [-0.2, -0.15) is 13.2 Å². The number of aromatic nitrogens is 1. The maximum Gasteiger partial charge on any atom is 0.423 e. The molecule has 0 saturated heterocycles. The molecule has 2 heterocycles. The molecule has 1 aliphatic rings. The van der Waals surface area contributed by atoms with Crippen molar-refractivity contribution in [2.45, 2.75) is 51.9 Å². The zero-order valence-electron chi connectivity index (χ0n) is 23.7. The lowest BCUT2D eigenvalue weighted by Gasteiger charge is -2.41. The van der Waals surface area contributed by atoms with E-state index in [9.17, 15) is 27.6 Å². The van der Waals surface area contributed by atoms with Crippen LogP contribution in [0.25, 0.3) is 0 Å². The smallest absolute Gasteiger partial charge is 0.376 e. The molecule has 42 heavy (non-hydrogen) atoms. The fourth-order valence-corrected chi connectivity index (χ4v) is 4.53. The van der Waals surface area contributed by atoms with E-state index >= 15 is 0 Å². The molecular formula is C26H35ClF3N7O4S. The molecule has 0 radical (unpaired) electrons. The number of rotatable bonds is 15. The predicted molar refractivity (Wildman–Crippen MR) is 158 cm³/mol. The van der Waals surface area contributed by atoms with E-state index in [1.807, 2.05) is 24.1 Å². The summed E-state index contributed by atoms with van der Waals surface area (Å²) < 4.78 is 45.5. The van der Waals surface area contributed by atoms with Gasteiger partial charge in [-0.25, -0.2) is 4.98 Å². The average molecular weight is 634 g/mol. The molecule has 1 aromatic heterocycles. The fourth-order valence-electron chi connectivity index (χ4n) is 4.24. The Bertz CT molecular complexity index is 1210. The molecule has 2 rings (SSSR count). The summed E-state index contributed by atoms with van der Waals surface area (Å²) >= 11 is 11.3. The molecule has 0 fully saturated rings. The summed E-state index contributed by atoms with van der Waals surface area (Å²) in [4.78, 5) is 45.6. The molecule has 4 N–H and O–H groups in total. The monoisotopic (exact) mass is 633 g/mol.